The van der Waals surface area contributed by atoms with Crippen molar-refractivity contribution in [2.24, 2.45) is 17.3 Å². The van der Waals surface area contributed by atoms with Gasteiger partial charge in [0.1, 0.15) is 0 Å². The molecule has 1 fully saturated rings. The third kappa shape index (κ3) is 3.91. The lowest BCUT2D eigenvalue weighted by Gasteiger charge is -2.09. The van der Waals surface area contributed by atoms with Gasteiger partial charge in [0.05, 0.1) is 18.2 Å². The number of anilines is 1. The van der Waals surface area contributed by atoms with Crippen molar-refractivity contribution >= 4 is 11.6 Å². The van der Waals surface area contributed by atoms with Crippen molar-refractivity contribution in [3.05, 3.63) is 40.3 Å². The lowest BCUT2D eigenvalue weighted by Crippen LogP contribution is -2.23. The van der Waals surface area contributed by atoms with E-state index in [2.05, 4.69) is 39.1 Å². The number of carbonyl (C=O) groups excluding carboxylic acids is 1. The van der Waals surface area contributed by atoms with Crippen LogP contribution in [0.5, 0.6) is 0 Å². The van der Waals surface area contributed by atoms with Crippen molar-refractivity contribution in [1.29, 1.82) is 0 Å². The first kappa shape index (κ1) is 17.5. The molecule has 1 aliphatic rings. The topological polar surface area (TPSA) is 60.3 Å². The van der Waals surface area contributed by atoms with Crippen LogP contribution >= 0.6 is 0 Å². The Balaban J connectivity index is 2.09. The van der Waals surface area contributed by atoms with E-state index in [1.54, 1.807) is 23.9 Å². The van der Waals surface area contributed by atoms with Gasteiger partial charge in [-0.1, -0.05) is 25.5 Å². The molecule has 0 spiro atoms. The lowest BCUT2D eigenvalue weighted by atomic mass is 10.1. The van der Waals surface area contributed by atoms with Crippen LogP contribution < -0.4 is 10.9 Å². The van der Waals surface area contributed by atoms with Crippen LogP contribution in [-0.2, 0) is 16.1 Å². The van der Waals surface area contributed by atoms with Gasteiger partial charge in [0.2, 0.25) is 5.91 Å². The molecule has 5 heteroatoms. The third-order valence-corrected chi connectivity index (χ3v) is 4.49. The normalized spacial score (nSPS) is 21.6. The Bertz CT molecular complexity index is 669. The second-order valence-electron chi connectivity index (χ2n) is 7.00. The minimum absolute atomic E-state index is 0.00874. The first-order valence-electron chi connectivity index (χ1n) is 7.92. The van der Waals surface area contributed by atoms with Crippen LogP contribution in [0, 0.1) is 17.3 Å². The van der Waals surface area contributed by atoms with Gasteiger partial charge < -0.3 is 14.6 Å². The molecule has 1 aromatic heterocycles. The summed E-state index contributed by atoms with van der Waals surface area (Å²) in [6.45, 7) is 9.25. The number of methoxy groups -OCH3 is 1. The van der Waals surface area contributed by atoms with E-state index >= 15 is 0 Å². The summed E-state index contributed by atoms with van der Waals surface area (Å²) in [6.07, 6.45) is 3.84. The van der Waals surface area contributed by atoms with Gasteiger partial charge in [-0.3, -0.25) is 9.59 Å². The number of nitrogens with zero attached hydrogens (tertiary/aromatic N) is 1. The van der Waals surface area contributed by atoms with Crippen LogP contribution in [0.1, 0.15) is 27.7 Å². The van der Waals surface area contributed by atoms with Crippen LogP contribution in [0.25, 0.3) is 0 Å². The fourth-order valence-corrected chi connectivity index (χ4v) is 3.04. The van der Waals surface area contributed by atoms with Crippen molar-refractivity contribution in [2.45, 2.75) is 34.2 Å². The zero-order chi connectivity index (χ0) is 17.2. The van der Waals surface area contributed by atoms with E-state index in [0.29, 0.717) is 18.8 Å². The highest BCUT2D eigenvalue weighted by atomic mass is 16.5. The fourth-order valence-electron chi connectivity index (χ4n) is 3.04. The minimum atomic E-state index is -0.103. The Hall–Kier alpha value is -1.88. The van der Waals surface area contributed by atoms with Gasteiger partial charge >= 0.3 is 0 Å². The minimum Gasteiger partial charge on any atom is -0.383 e. The standard InChI is InChI=1S/C18H26N2O3/c1-12(2)10-14-16(18(14,3)4)17(22)19-13-6-7-15(21)20(11-13)8-9-23-5/h6-7,10-11,14,16H,8-9H2,1-5H3,(H,19,22)/t14-,16-/m1/s1. The molecule has 1 aliphatic carbocycles. The number of carbonyl (C=O) groups is 1. The molecule has 5 nitrogen and oxygen atoms in total. The maximum atomic E-state index is 12.5. The maximum absolute atomic E-state index is 12.5. The highest BCUT2D eigenvalue weighted by Crippen LogP contribution is 2.59. The number of hydrogen-bond donors (Lipinski definition) is 1. The molecule has 0 aromatic carbocycles. The van der Waals surface area contributed by atoms with Gasteiger partial charge in [-0.05, 0) is 31.2 Å². The Morgan fingerprint density at radius 2 is 2.09 bits per heavy atom. The molecule has 1 N–H and O–H groups in total. The van der Waals surface area contributed by atoms with E-state index in [0.717, 1.165) is 0 Å². The monoisotopic (exact) mass is 318 g/mol. The summed E-state index contributed by atoms with van der Waals surface area (Å²) < 4.78 is 6.54. The van der Waals surface area contributed by atoms with Crippen LogP contribution in [0.3, 0.4) is 0 Å². The quantitative estimate of drug-likeness (QED) is 0.820. The van der Waals surface area contributed by atoms with Crippen LogP contribution in [-0.4, -0.2) is 24.2 Å². The Labute approximate surface area is 137 Å². The molecule has 126 valence electrons. The largest absolute Gasteiger partial charge is 0.383 e. The SMILES string of the molecule is COCCn1cc(NC(=O)[C@H]2[C@@H](C=C(C)C)C2(C)C)ccc1=O. The summed E-state index contributed by atoms with van der Waals surface area (Å²) in [6, 6.07) is 3.12. The molecule has 1 saturated carbocycles. The van der Waals surface area contributed by atoms with Gasteiger partial charge in [-0.15, -0.1) is 0 Å². The zero-order valence-corrected chi connectivity index (χ0v) is 14.6. The summed E-state index contributed by atoms with van der Waals surface area (Å²) in [7, 11) is 1.59. The number of aromatic nitrogens is 1. The zero-order valence-electron chi connectivity index (χ0n) is 14.6. The molecule has 0 bridgehead atoms. The fraction of sp³-hybridized carbons (Fsp3) is 0.556. The second kappa shape index (κ2) is 6.71. The number of ether oxygens (including phenoxy) is 1. The lowest BCUT2D eigenvalue weighted by molar-refractivity contribution is -0.118. The molecule has 2 rings (SSSR count). The van der Waals surface area contributed by atoms with Crippen LogP contribution in [0.4, 0.5) is 5.69 Å². The van der Waals surface area contributed by atoms with Crippen LogP contribution in [0.2, 0.25) is 0 Å². The molecule has 0 unspecified atom stereocenters. The van der Waals surface area contributed by atoms with Gasteiger partial charge in [0.25, 0.3) is 5.56 Å². The van der Waals surface area contributed by atoms with Gasteiger partial charge in [0, 0.05) is 25.9 Å². The van der Waals surface area contributed by atoms with E-state index in [1.807, 2.05) is 0 Å². The summed E-state index contributed by atoms with van der Waals surface area (Å²) in [5, 5.41) is 2.94. The highest BCUT2D eigenvalue weighted by molar-refractivity contribution is 5.95. The summed E-state index contributed by atoms with van der Waals surface area (Å²) in [4.78, 5) is 24.3. The van der Waals surface area contributed by atoms with Crippen molar-refractivity contribution in [2.75, 3.05) is 19.0 Å². The average Bonchev–Trinajstić information content (AvgIpc) is 2.99. The molecule has 1 heterocycles. The molecule has 23 heavy (non-hydrogen) atoms. The molecule has 0 saturated heterocycles. The van der Waals surface area contributed by atoms with Crippen molar-refractivity contribution < 1.29 is 9.53 Å². The number of amides is 1. The number of hydrogen-bond acceptors (Lipinski definition) is 3. The molecule has 0 aliphatic heterocycles. The average molecular weight is 318 g/mol. The predicted octanol–water partition coefficient (Wildman–Crippen LogP) is 2.67. The van der Waals surface area contributed by atoms with E-state index < -0.39 is 0 Å². The van der Waals surface area contributed by atoms with Crippen LogP contribution in [0.15, 0.2) is 34.8 Å². The van der Waals surface area contributed by atoms with Crippen molar-refractivity contribution in [3.8, 4) is 0 Å². The number of nitrogens with one attached hydrogen (secondary N) is 1. The Morgan fingerprint density at radius 3 is 2.70 bits per heavy atom. The number of allylic oxidation sites excluding steroid dienone is 2. The highest BCUT2D eigenvalue weighted by Gasteiger charge is 2.60. The summed E-state index contributed by atoms with van der Waals surface area (Å²) in [5.41, 5.74) is 1.75. The first-order valence-corrected chi connectivity index (χ1v) is 7.92. The molecular formula is C18H26N2O3. The molecule has 0 radical (unpaired) electrons. The third-order valence-electron chi connectivity index (χ3n) is 4.49. The Kier molecular flexibility index (Phi) is 5.09. The van der Waals surface area contributed by atoms with E-state index in [-0.39, 0.29) is 28.7 Å². The maximum Gasteiger partial charge on any atom is 0.250 e. The van der Waals surface area contributed by atoms with Crippen molar-refractivity contribution in [3.63, 3.8) is 0 Å². The van der Waals surface area contributed by atoms with Gasteiger partial charge in [-0.2, -0.15) is 0 Å². The second-order valence-corrected chi connectivity index (χ2v) is 7.00. The van der Waals surface area contributed by atoms with E-state index in [9.17, 15) is 9.59 Å². The first-order chi connectivity index (χ1) is 10.8. The summed E-state index contributed by atoms with van der Waals surface area (Å²) >= 11 is 0. The molecule has 2 atom stereocenters. The predicted molar refractivity (Wildman–Crippen MR) is 91.4 cm³/mol. The van der Waals surface area contributed by atoms with E-state index in [1.165, 1.54) is 11.6 Å². The molecular weight excluding hydrogens is 292 g/mol. The smallest absolute Gasteiger partial charge is 0.250 e. The molecule has 1 aromatic rings. The number of pyridine rings is 1. The van der Waals surface area contributed by atoms with Crippen molar-refractivity contribution in [1.82, 2.24) is 4.57 Å². The summed E-state index contributed by atoms with van der Waals surface area (Å²) in [5.74, 6) is 0.248. The van der Waals surface area contributed by atoms with Gasteiger partial charge in [-0.25, -0.2) is 0 Å². The molecule has 1 amide bonds. The Morgan fingerprint density at radius 1 is 1.39 bits per heavy atom. The number of rotatable bonds is 6. The van der Waals surface area contributed by atoms with Gasteiger partial charge in [0.15, 0.2) is 0 Å². The van der Waals surface area contributed by atoms with E-state index in [4.69, 9.17) is 4.74 Å².